The van der Waals surface area contributed by atoms with Crippen molar-refractivity contribution < 1.29 is 0 Å². The van der Waals surface area contributed by atoms with Crippen molar-refractivity contribution in [3.63, 3.8) is 0 Å². The highest BCUT2D eigenvalue weighted by atomic mass is 35.5. The standard InChI is InChI=1S/C23H28Cl2N4S2/c1-23(2)21(30-13-15-11-17(24)7-9-19(15)28(3)4)26-22(27-23)31-14-16-12-18(25)8-10-20(16)29(5)6/h7-12H,13-14H2,1-6H3. The molecule has 0 bridgehead atoms. The van der Waals surface area contributed by atoms with Crippen LogP contribution in [-0.2, 0) is 11.5 Å². The van der Waals surface area contributed by atoms with Crippen molar-refractivity contribution in [2.45, 2.75) is 30.9 Å². The summed E-state index contributed by atoms with van der Waals surface area (Å²) >= 11 is 15.9. The molecule has 0 atom stereocenters. The Morgan fingerprint density at radius 2 is 1.29 bits per heavy atom. The molecule has 0 spiro atoms. The third-order valence-corrected chi connectivity index (χ3v) is 7.55. The van der Waals surface area contributed by atoms with Crippen LogP contribution < -0.4 is 9.80 Å². The van der Waals surface area contributed by atoms with Crippen molar-refractivity contribution in [3.05, 3.63) is 57.6 Å². The van der Waals surface area contributed by atoms with Crippen molar-refractivity contribution in [2.24, 2.45) is 9.98 Å². The fourth-order valence-corrected chi connectivity index (χ4v) is 5.79. The Hall–Kier alpha value is -1.34. The molecule has 0 saturated heterocycles. The molecule has 1 aliphatic rings. The molecular formula is C23H28Cl2N4S2. The maximum Gasteiger partial charge on any atom is 0.185 e. The van der Waals surface area contributed by atoms with Crippen molar-refractivity contribution in [1.29, 1.82) is 0 Å². The second-order valence-corrected chi connectivity index (χ2v) is 11.1. The van der Waals surface area contributed by atoms with Crippen molar-refractivity contribution in [1.82, 2.24) is 0 Å². The van der Waals surface area contributed by atoms with Crippen LogP contribution in [0.3, 0.4) is 0 Å². The van der Waals surface area contributed by atoms with Crippen molar-refractivity contribution >= 4 is 68.3 Å². The summed E-state index contributed by atoms with van der Waals surface area (Å²) in [4.78, 5) is 13.9. The SMILES string of the molecule is CN(C)c1ccc(Cl)cc1CSC1=NC(C)(C)C(SCc2cc(Cl)ccc2N(C)C)=N1. The summed E-state index contributed by atoms with van der Waals surface area (Å²) < 4.78 is 0. The molecule has 0 fully saturated rings. The molecule has 4 nitrogen and oxygen atoms in total. The predicted molar refractivity (Wildman–Crippen MR) is 143 cm³/mol. The topological polar surface area (TPSA) is 31.2 Å². The van der Waals surface area contributed by atoms with Gasteiger partial charge in [0.2, 0.25) is 0 Å². The van der Waals surface area contributed by atoms with E-state index in [2.05, 4.69) is 35.8 Å². The van der Waals surface area contributed by atoms with Crippen LogP contribution in [0.2, 0.25) is 10.0 Å². The van der Waals surface area contributed by atoms with Crippen LogP contribution in [0.5, 0.6) is 0 Å². The molecule has 1 heterocycles. The van der Waals surface area contributed by atoms with Gasteiger partial charge in [-0.15, -0.1) is 11.8 Å². The molecule has 2 aromatic carbocycles. The van der Waals surface area contributed by atoms with Gasteiger partial charge in [0.15, 0.2) is 5.17 Å². The number of rotatable bonds is 6. The van der Waals surface area contributed by atoms with Gasteiger partial charge in [-0.2, -0.15) is 0 Å². The molecule has 0 aromatic heterocycles. The minimum absolute atomic E-state index is 0.331. The zero-order chi connectivity index (χ0) is 22.8. The van der Waals surface area contributed by atoms with Crippen LogP contribution in [0.15, 0.2) is 46.4 Å². The Bertz CT molecular complexity index is 1020. The van der Waals surface area contributed by atoms with E-state index in [-0.39, 0.29) is 5.54 Å². The van der Waals surface area contributed by atoms with E-state index in [1.165, 1.54) is 16.8 Å². The van der Waals surface area contributed by atoms with Crippen molar-refractivity contribution in [3.8, 4) is 0 Å². The Balaban J connectivity index is 1.72. The van der Waals surface area contributed by atoms with E-state index < -0.39 is 0 Å². The maximum absolute atomic E-state index is 6.24. The normalized spacial score (nSPS) is 15.0. The summed E-state index contributed by atoms with van der Waals surface area (Å²) in [6, 6.07) is 12.0. The third kappa shape index (κ3) is 6.13. The number of halogens is 2. The Kier molecular flexibility index (Phi) is 7.90. The molecule has 0 radical (unpaired) electrons. The molecule has 31 heavy (non-hydrogen) atoms. The average Bonchev–Trinajstić information content (AvgIpc) is 2.97. The summed E-state index contributed by atoms with van der Waals surface area (Å²) in [5.74, 6) is 1.56. The first-order valence-corrected chi connectivity index (χ1v) is 12.7. The molecular weight excluding hydrogens is 467 g/mol. The van der Waals surface area contributed by atoms with Gasteiger partial charge in [0, 0.05) is 61.1 Å². The number of hydrogen-bond donors (Lipinski definition) is 0. The Labute approximate surface area is 204 Å². The number of hydrogen-bond acceptors (Lipinski definition) is 6. The third-order valence-electron chi connectivity index (χ3n) is 4.86. The highest BCUT2D eigenvalue weighted by Crippen LogP contribution is 2.35. The lowest BCUT2D eigenvalue weighted by atomic mass is 10.1. The maximum atomic E-state index is 6.24. The summed E-state index contributed by atoms with van der Waals surface area (Å²) in [5.41, 5.74) is 4.36. The molecule has 0 unspecified atom stereocenters. The van der Waals surface area contributed by atoms with Gasteiger partial charge in [-0.1, -0.05) is 35.0 Å². The lowest BCUT2D eigenvalue weighted by Crippen LogP contribution is -2.23. The average molecular weight is 496 g/mol. The van der Waals surface area contributed by atoms with Gasteiger partial charge in [0.1, 0.15) is 10.6 Å². The van der Waals surface area contributed by atoms with E-state index in [0.717, 1.165) is 37.4 Å². The van der Waals surface area contributed by atoms with Gasteiger partial charge in [-0.3, -0.25) is 0 Å². The fourth-order valence-electron chi connectivity index (χ4n) is 3.31. The molecule has 0 amide bonds. The number of nitrogens with zero attached hydrogens (tertiary/aromatic N) is 4. The van der Waals surface area contributed by atoms with Crippen LogP contribution in [0.4, 0.5) is 11.4 Å². The lowest BCUT2D eigenvalue weighted by molar-refractivity contribution is 0.728. The number of amidine groups is 1. The summed E-state index contributed by atoms with van der Waals surface area (Å²) in [5, 5.41) is 3.34. The molecule has 1 aliphatic heterocycles. The van der Waals surface area contributed by atoms with Gasteiger partial charge < -0.3 is 9.80 Å². The Morgan fingerprint density at radius 1 is 0.806 bits per heavy atom. The smallest absolute Gasteiger partial charge is 0.185 e. The largest absolute Gasteiger partial charge is 0.377 e. The Morgan fingerprint density at radius 3 is 1.77 bits per heavy atom. The van der Waals surface area contributed by atoms with Crippen LogP contribution in [0.25, 0.3) is 0 Å². The highest BCUT2D eigenvalue weighted by molar-refractivity contribution is 8.15. The zero-order valence-electron chi connectivity index (χ0n) is 18.7. The highest BCUT2D eigenvalue weighted by Gasteiger charge is 2.31. The molecule has 2 aromatic rings. The molecule has 8 heteroatoms. The number of benzene rings is 2. The van der Waals surface area contributed by atoms with Gasteiger partial charge in [-0.25, -0.2) is 9.98 Å². The second kappa shape index (κ2) is 10.1. The molecule has 0 saturated carbocycles. The van der Waals surface area contributed by atoms with Gasteiger partial charge in [0.25, 0.3) is 0 Å². The number of anilines is 2. The van der Waals surface area contributed by atoms with E-state index >= 15 is 0 Å². The number of thioether (sulfide) groups is 2. The monoisotopic (exact) mass is 494 g/mol. The molecule has 0 aliphatic carbocycles. The van der Waals surface area contributed by atoms with Crippen LogP contribution >= 0.6 is 46.7 Å². The van der Waals surface area contributed by atoms with E-state index in [4.69, 9.17) is 33.2 Å². The minimum atomic E-state index is -0.331. The van der Waals surface area contributed by atoms with Crippen molar-refractivity contribution in [2.75, 3.05) is 38.0 Å². The van der Waals surface area contributed by atoms with Crippen LogP contribution in [-0.4, -0.2) is 43.9 Å². The predicted octanol–water partition coefficient (Wildman–Crippen LogP) is 6.84. The molecule has 0 N–H and O–H groups in total. The first-order chi connectivity index (χ1) is 14.6. The second-order valence-electron chi connectivity index (χ2n) is 8.28. The molecule has 3 rings (SSSR count). The quantitative estimate of drug-likeness (QED) is 0.439. The van der Waals surface area contributed by atoms with Crippen LogP contribution in [0.1, 0.15) is 25.0 Å². The lowest BCUT2D eigenvalue weighted by Gasteiger charge is -2.20. The molecule has 166 valence electrons. The van der Waals surface area contributed by atoms with E-state index in [1.807, 2.05) is 52.5 Å². The van der Waals surface area contributed by atoms with E-state index in [9.17, 15) is 0 Å². The first kappa shape index (κ1) is 24.3. The van der Waals surface area contributed by atoms with E-state index in [0.29, 0.717) is 0 Å². The fraction of sp³-hybridized carbons (Fsp3) is 0.391. The number of aliphatic imine (C=N–C) groups is 2. The van der Waals surface area contributed by atoms with Crippen LogP contribution in [0, 0.1) is 0 Å². The van der Waals surface area contributed by atoms with E-state index in [1.54, 1.807) is 23.5 Å². The minimum Gasteiger partial charge on any atom is -0.377 e. The first-order valence-electron chi connectivity index (χ1n) is 9.93. The summed E-state index contributed by atoms with van der Waals surface area (Å²) in [7, 11) is 8.17. The summed E-state index contributed by atoms with van der Waals surface area (Å²) in [6.45, 7) is 4.23. The zero-order valence-corrected chi connectivity index (χ0v) is 21.9. The van der Waals surface area contributed by atoms with Gasteiger partial charge in [0.05, 0.1) is 0 Å². The summed E-state index contributed by atoms with van der Waals surface area (Å²) in [6.07, 6.45) is 0. The van der Waals surface area contributed by atoms with Gasteiger partial charge >= 0.3 is 0 Å². The van der Waals surface area contributed by atoms with Gasteiger partial charge in [-0.05, 0) is 61.4 Å².